The predicted octanol–water partition coefficient (Wildman–Crippen LogP) is 3.69. The van der Waals surface area contributed by atoms with Crippen molar-refractivity contribution in [1.29, 1.82) is 0 Å². The number of rotatable bonds is 3. The first-order valence-corrected chi connectivity index (χ1v) is 7.64. The maximum atomic E-state index is 12.6. The molecule has 0 saturated heterocycles. The molecule has 1 aliphatic heterocycles. The maximum Gasteiger partial charge on any atom is 0.165 e. The van der Waals surface area contributed by atoms with E-state index in [0.29, 0.717) is 5.78 Å². The minimum absolute atomic E-state index is 0.273. The zero-order valence-corrected chi connectivity index (χ0v) is 11.7. The lowest BCUT2D eigenvalue weighted by atomic mass is 9.77. The summed E-state index contributed by atoms with van der Waals surface area (Å²) >= 11 is 0. The summed E-state index contributed by atoms with van der Waals surface area (Å²) in [5.41, 5.74) is 3.60. The van der Waals surface area contributed by atoms with Gasteiger partial charge in [-0.2, -0.15) is 0 Å². The van der Waals surface area contributed by atoms with Crippen molar-refractivity contribution >= 4 is 5.78 Å². The minimum Gasteiger partial charge on any atom is -0.309 e. The number of ketones is 1. The third-order valence-corrected chi connectivity index (χ3v) is 4.92. The third-order valence-electron chi connectivity index (χ3n) is 4.92. The second-order valence-corrected chi connectivity index (χ2v) is 6.08. The highest BCUT2D eigenvalue weighted by molar-refractivity contribution is 5.98. The summed E-state index contributed by atoms with van der Waals surface area (Å²) < 4.78 is 0. The molecule has 1 aromatic rings. The van der Waals surface area contributed by atoms with Gasteiger partial charge < -0.3 is 5.32 Å². The fourth-order valence-corrected chi connectivity index (χ4v) is 3.52. The zero-order chi connectivity index (χ0) is 13.2. The molecule has 1 aliphatic carbocycles. The first kappa shape index (κ1) is 12.9. The molecular weight excluding hydrogens is 234 g/mol. The highest BCUT2D eigenvalue weighted by Gasteiger charge is 2.26. The lowest BCUT2D eigenvalue weighted by Crippen LogP contribution is -2.21. The summed E-state index contributed by atoms with van der Waals surface area (Å²) in [6.45, 7) is 4.13. The Balaban J connectivity index is 1.70. The lowest BCUT2D eigenvalue weighted by Gasteiger charge is -2.26. The van der Waals surface area contributed by atoms with Gasteiger partial charge >= 0.3 is 0 Å². The summed E-state index contributed by atoms with van der Waals surface area (Å²) in [6, 6.07) is 6.27. The quantitative estimate of drug-likeness (QED) is 0.837. The van der Waals surface area contributed by atoms with Crippen LogP contribution in [0.1, 0.15) is 60.5 Å². The monoisotopic (exact) mass is 257 g/mol. The molecule has 2 aliphatic rings. The second-order valence-electron chi connectivity index (χ2n) is 6.08. The average molecular weight is 257 g/mol. The van der Waals surface area contributed by atoms with Crippen LogP contribution in [0.15, 0.2) is 18.2 Å². The third kappa shape index (κ3) is 2.59. The molecular formula is C17H23NO. The van der Waals surface area contributed by atoms with Gasteiger partial charge in [0.1, 0.15) is 0 Å². The Morgan fingerprint density at radius 1 is 1.16 bits per heavy atom. The van der Waals surface area contributed by atoms with Crippen molar-refractivity contribution in [2.75, 3.05) is 0 Å². The van der Waals surface area contributed by atoms with Crippen molar-refractivity contribution in [2.24, 2.45) is 11.8 Å². The van der Waals surface area contributed by atoms with Gasteiger partial charge in [0.05, 0.1) is 0 Å². The number of benzene rings is 1. The van der Waals surface area contributed by atoms with Gasteiger partial charge in [-0.3, -0.25) is 4.79 Å². The zero-order valence-electron chi connectivity index (χ0n) is 11.7. The Hall–Kier alpha value is -1.15. The molecule has 2 nitrogen and oxygen atoms in total. The van der Waals surface area contributed by atoms with Gasteiger partial charge in [-0.1, -0.05) is 25.5 Å². The van der Waals surface area contributed by atoms with Gasteiger partial charge in [-0.25, -0.2) is 0 Å². The molecule has 2 heteroatoms. The largest absolute Gasteiger partial charge is 0.309 e. The van der Waals surface area contributed by atoms with E-state index < -0.39 is 0 Å². The van der Waals surface area contributed by atoms with Crippen LogP contribution in [-0.4, -0.2) is 5.78 Å². The SMILES string of the molecule is CCC1CCC(C(=O)c2ccc3c(c2)CNC3)CC1. The molecule has 19 heavy (non-hydrogen) atoms. The Morgan fingerprint density at radius 3 is 2.63 bits per heavy atom. The molecule has 1 fully saturated rings. The lowest BCUT2D eigenvalue weighted by molar-refractivity contribution is 0.0871. The molecule has 0 atom stereocenters. The molecule has 0 radical (unpaired) electrons. The van der Waals surface area contributed by atoms with Crippen LogP contribution >= 0.6 is 0 Å². The fraction of sp³-hybridized carbons (Fsp3) is 0.588. The number of hydrogen-bond acceptors (Lipinski definition) is 2. The van der Waals surface area contributed by atoms with Crippen LogP contribution in [0.25, 0.3) is 0 Å². The van der Waals surface area contributed by atoms with Gasteiger partial charge in [0.25, 0.3) is 0 Å². The number of carbonyl (C=O) groups excluding carboxylic acids is 1. The van der Waals surface area contributed by atoms with E-state index in [1.165, 1.54) is 30.4 Å². The van der Waals surface area contributed by atoms with Gasteiger partial charge in [0, 0.05) is 24.6 Å². The molecule has 1 N–H and O–H groups in total. The summed E-state index contributed by atoms with van der Waals surface area (Å²) in [7, 11) is 0. The standard InChI is InChI=1S/C17H23NO/c1-2-12-3-5-13(6-4-12)17(19)14-7-8-15-10-18-11-16(15)9-14/h7-9,12-13,18H,2-6,10-11H2,1H3. The van der Waals surface area contributed by atoms with E-state index in [1.54, 1.807) is 0 Å². The van der Waals surface area contributed by atoms with E-state index in [9.17, 15) is 4.79 Å². The van der Waals surface area contributed by atoms with E-state index in [-0.39, 0.29) is 5.92 Å². The van der Waals surface area contributed by atoms with Crippen LogP contribution in [-0.2, 0) is 13.1 Å². The average Bonchev–Trinajstić information content (AvgIpc) is 2.94. The van der Waals surface area contributed by atoms with Crippen LogP contribution in [0, 0.1) is 11.8 Å². The van der Waals surface area contributed by atoms with Crippen molar-refractivity contribution in [1.82, 2.24) is 5.32 Å². The summed E-state index contributed by atoms with van der Waals surface area (Å²) in [6.07, 6.45) is 5.92. The van der Waals surface area contributed by atoms with Crippen molar-refractivity contribution < 1.29 is 4.79 Å². The summed E-state index contributed by atoms with van der Waals surface area (Å²) in [5, 5.41) is 3.34. The molecule has 1 aromatic carbocycles. The van der Waals surface area contributed by atoms with Gasteiger partial charge in [0.2, 0.25) is 0 Å². The first-order chi connectivity index (χ1) is 9.28. The van der Waals surface area contributed by atoms with Gasteiger partial charge in [-0.05, 0) is 48.8 Å². The minimum atomic E-state index is 0.273. The highest BCUT2D eigenvalue weighted by atomic mass is 16.1. The van der Waals surface area contributed by atoms with E-state index in [1.807, 2.05) is 6.07 Å². The molecule has 1 saturated carbocycles. The predicted molar refractivity (Wildman–Crippen MR) is 77.1 cm³/mol. The fourth-order valence-electron chi connectivity index (χ4n) is 3.52. The van der Waals surface area contributed by atoms with E-state index in [2.05, 4.69) is 24.4 Å². The van der Waals surface area contributed by atoms with Gasteiger partial charge in [0.15, 0.2) is 5.78 Å². The first-order valence-electron chi connectivity index (χ1n) is 7.64. The van der Waals surface area contributed by atoms with Crippen molar-refractivity contribution in [2.45, 2.75) is 52.1 Å². The molecule has 0 amide bonds. The maximum absolute atomic E-state index is 12.6. The molecule has 0 bridgehead atoms. The van der Waals surface area contributed by atoms with Crippen LogP contribution in [0.4, 0.5) is 0 Å². The number of carbonyl (C=O) groups is 1. The van der Waals surface area contributed by atoms with Crippen molar-refractivity contribution in [3.63, 3.8) is 0 Å². The van der Waals surface area contributed by atoms with Crippen LogP contribution in [0.2, 0.25) is 0 Å². The number of hydrogen-bond donors (Lipinski definition) is 1. The number of Topliss-reactive ketones (excluding diaryl/α,β-unsaturated/α-hetero) is 1. The van der Waals surface area contributed by atoms with E-state index in [4.69, 9.17) is 0 Å². The van der Waals surface area contributed by atoms with Gasteiger partial charge in [-0.15, -0.1) is 0 Å². The second kappa shape index (κ2) is 5.46. The Bertz CT molecular complexity index is 472. The Kier molecular flexibility index (Phi) is 3.69. The van der Waals surface area contributed by atoms with Crippen LogP contribution < -0.4 is 5.32 Å². The summed E-state index contributed by atoms with van der Waals surface area (Å²) in [4.78, 5) is 12.6. The number of nitrogens with one attached hydrogen (secondary N) is 1. The topological polar surface area (TPSA) is 29.1 Å². The Labute approximate surface area is 115 Å². The highest BCUT2D eigenvalue weighted by Crippen LogP contribution is 2.33. The molecule has 3 rings (SSSR count). The Morgan fingerprint density at radius 2 is 1.89 bits per heavy atom. The van der Waals surface area contributed by atoms with Crippen molar-refractivity contribution in [3.8, 4) is 0 Å². The van der Waals surface area contributed by atoms with Crippen LogP contribution in [0.5, 0.6) is 0 Å². The van der Waals surface area contributed by atoms with Crippen molar-refractivity contribution in [3.05, 3.63) is 34.9 Å². The van der Waals surface area contributed by atoms with E-state index >= 15 is 0 Å². The molecule has 0 spiro atoms. The molecule has 0 unspecified atom stereocenters. The molecule has 102 valence electrons. The molecule has 0 aromatic heterocycles. The van der Waals surface area contributed by atoms with E-state index in [0.717, 1.165) is 37.4 Å². The summed E-state index contributed by atoms with van der Waals surface area (Å²) in [5.74, 6) is 1.51. The van der Waals surface area contributed by atoms with Crippen LogP contribution in [0.3, 0.4) is 0 Å². The molecule has 1 heterocycles. The number of fused-ring (bicyclic) bond motifs is 1. The smallest absolute Gasteiger partial charge is 0.165 e. The normalized spacial score (nSPS) is 26.2.